The van der Waals surface area contributed by atoms with Crippen molar-refractivity contribution in [2.45, 2.75) is 6.42 Å². The smallest absolute Gasteiger partial charge is 0.414 e. The van der Waals surface area contributed by atoms with Crippen LogP contribution in [0, 0.1) is 0 Å². The van der Waals surface area contributed by atoms with Gasteiger partial charge in [0.15, 0.2) is 0 Å². The molecule has 0 unspecified atom stereocenters. The Hall–Kier alpha value is -3.12. The van der Waals surface area contributed by atoms with Gasteiger partial charge in [0.25, 0.3) is 0 Å². The topological polar surface area (TPSA) is 95.9 Å². The van der Waals surface area contributed by atoms with E-state index in [-0.39, 0.29) is 0 Å². The summed E-state index contributed by atoms with van der Waals surface area (Å²) >= 11 is 0. The Balaban J connectivity index is 0.000000487. The second-order valence-corrected chi connectivity index (χ2v) is 5.17. The third kappa shape index (κ3) is 8.12. The molecule has 2 aromatic carbocycles. The van der Waals surface area contributed by atoms with Crippen molar-refractivity contribution in [1.29, 1.82) is 0 Å². The van der Waals surface area contributed by atoms with E-state index in [0.29, 0.717) is 6.61 Å². The summed E-state index contributed by atoms with van der Waals surface area (Å²) in [6.07, 6.45) is 2.85. The fourth-order valence-electron chi connectivity index (χ4n) is 2.03. The van der Waals surface area contributed by atoms with Crippen LogP contribution >= 0.6 is 0 Å². The Morgan fingerprint density at radius 2 is 1.62 bits per heavy atom. The molecule has 0 aromatic heterocycles. The summed E-state index contributed by atoms with van der Waals surface area (Å²) in [5.74, 6) is -2.70. The predicted molar refractivity (Wildman–Crippen MR) is 100 cm³/mol. The van der Waals surface area contributed by atoms with E-state index in [0.717, 1.165) is 30.8 Å². The summed E-state index contributed by atoms with van der Waals surface area (Å²) in [6.45, 7) is 6.19. The highest BCUT2D eigenvalue weighted by Crippen LogP contribution is 2.29. The third-order valence-corrected chi connectivity index (χ3v) is 3.20. The zero-order valence-corrected chi connectivity index (χ0v) is 14.4. The summed E-state index contributed by atoms with van der Waals surface area (Å²) in [7, 11) is 0. The van der Waals surface area contributed by atoms with Crippen molar-refractivity contribution in [1.82, 2.24) is 5.32 Å². The Bertz CT molecular complexity index is 688. The highest BCUT2D eigenvalue weighted by atomic mass is 16.5. The molecule has 6 nitrogen and oxygen atoms in total. The zero-order valence-electron chi connectivity index (χ0n) is 14.4. The first-order chi connectivity index (χ1) is 12.6. The Kier molecular flexibility index (Phi) is 9.88. The summed E-state index contributed by atoms with van der Waals surface area (Å²) in [6, 6.07) is 18.5. The van der Waals surface area contributed by atoms with Crippen molar-refractivity contribution >= 4 is 11.9 Å². The van der Waals surface area contributed by atoms with Gasteiger partial charge in [-0.05, 0) is 24.6 Å². The second kappa shape index (κ2) is 12.3. The van der Waals surface area contributed by atoms with Crippen molar-refractivity contribution in [2.75, 3.05) is 19.7 Å². The molecule has 138 valence electrons. The average Bonchev–Trinajstić information content (AvgIpc) is 2.66. The van der Waals surface area contributed by atoms with Crippen LogP contribution in [0.5, 0.6) is 5.75 Å². The van der Waals surface area contributed by atoms with Crippen LogP contribution in [0.2, 0.25) is 0 Å². The van der Waals surface area contributed by atoms with Crippen molar-refractivity contribution in [3.05, 3.63) is 67.3 Å². The van der Waals surface area contributed by atoms with E-state index in [1.54, 1.807) is 0 Å². The molecule has 0 bridgehead atoms. The SMILES string of the molecule is C=CCNCCCOc1ccccc1-c1ccccc1.O=C(O)C(=O)O. The number of rotatable bonds is 8. The predicted octanol–water partition coefficient (Wildman–Crippen LogP) is 3.05. The molecule has 0 saturated heterocycles. The highest BCUT2D eigenvalue weighted by molar-refractivity contribution is 6.27. The molecule has 6 heteroatoms. The molecule has 0 aliphatic rings. The van der Waals surface area contributed by atoms with Gasteiger partial charge in [0.1, 0.15) is 5.75 Å². The largest absolute Gasteiger partial charge is 0.493 e. The maximum atomic E-state index is 9.10. The van der Waals surface area contributed by atoms with Crippen LogP contribution in [0.15, 0.2) is 67.3 Å². The molecule has 0 fully saturated rings. The lowest BCUT2D eigenvalue weighted by Gasteiger charge is -2.11. The minimum Gasteiger partial charge on any atom is -0.493 e. The second-order valence-electron chi connectivity index (χ2n) is 5.17. The number of aliphatic carboxylic acids is 2. The third-order valence-electron chi connectivity index (χ3n) is 3.20. The molecule has 0 aliphatic carbocycles. The van der Waals surface area contributed by atoms with Gasteiger partial charge in [-0.2, -0.15) is 0 Å². The lowest BCUT2D eigenvalue weighted by atomic mass is 10.1. The van der Waals surface area contributed by atoms with Crippen LogP contribution in [0.4, 0.5) is 0 Å². The van der Waals surface area contributed by atoms with Gasteiger partial charge in [-0.1, -0.05) is 54.6 Å². The van der Waals surface area contributed by atoms with Crippen molar-refractivity contribution in [3.63, 3.8) is 0 Å². The quantitative estimate of drug-likeness (QED) is 0.382. The Morgan fingerprint density at radius 3 is 2.23 bits per heavy atom. The van der Waals surface area contributed by atoms with Gasteiger partial charge in [0.2, 0.25) is 0 Å². The number of carbonyl (C=O) groups is 2. The maximum absolute atomic E-state index is 9.10. The van der Waals surface area contributed by atoms with E-state index in [2.05, 4.69) is 30.1 Å². The number of hydrogen-bond donors (Lipinski definition) is 3. The summed E-state index contributed by atoms with van der Waals surface area (Å²) in [5, 5.41) is 18.1. The molecule has 0 radical (unpaired) electrons. The number of hydrogen-bond acceptors (Lipinski definition) is 4. The number of nitrogens with one attached hydrogen (secondary N) is 1. The first-order valence-electron chi connectivity index (χ1n) is 8.11. The molecule has 0 saturated carbocycles. The van der Waals surface area contributed by atoms with Crippen LogP contribution in [-0.4, -0.2) is 41.8 Å². The monoisotopic (exact) mass is 357 g/mol. The fourth-order valence-corrected chi connectivity index (χ4v) is 2.03. The van der Waals surface area contributed by atoms with Crippen LogP contribution < -0.4 is 10.1 Å². The lowest BCUT2D eigenvalue weighted by Crippen LogP contribution is -2.17. The molecule has 0 heterocycles. The van der Waals surface area contributed by atoms with Gasteiger partial charge in [-0.15, -0.1) is 6.58 Å². The van der Waals surface area contributed by atoms with Crippen molar-refractivity contribution in [3.8, 4) is 16.9 Å². The van der Waals surface area contributed by atoms with E-state index >= 15 is 0 Å². The number of para-hydroxylation sites is 1. The fraction of sp³-hybridized carbons (Fsp3) is 0.200. The molecule has 0 atom stereocenters. The van der Waals surface area contributed by atoms with E-state index in [4.69, 9.17) is 24.5 Å². The first-order valence-corrected chi connectivity index (χ1v) is 8.11. The standard InChI is InChI=1S/C18H21NO.C2H2O4/c1-2-13-19-14-8-15-20-18-12-7-6-11-17(18)16-9-4-3-5-10-16;3-1(4)2(5)6/h2-7,9-12,19H,1,8,13-15H2;(H,3,4)(H,5,6). The van der Waals surface area contributed by atoms with Gasteiger partial charge in [-0.25, -0.2) is 9.59 Å². The van der Waals surface area contributed by atoms with Gasteiger partial charge in [0, 0.05) is 12.1 Å². The highest BCUT2D eigenvalue weighted by Gasteiger charge is 2.05. The maximum Gasteiger partial charge on any atom is 0.414 e. The molecular formula is C20H23NO5. The molecule has 0 amide bonds. The van der Waals surface area contributed by atoms with E-state index in [1.165, 1.54) is 5.56 Å². The molecule has 2 aromatic rings. The van der Waals surface area contributed by atoms with Crippen LogP contribution in [0.1, 0.15) is 6.42 Å². The number of carboxylic acid groups (broad SMARTS) is 2. The first kappa shape index (κ1) is 20.9. The minimum absolute atomic E-state index is 0.716. The zero-order chi connectivity index (χ0) is 19.2. The summed E-state index contributed by atoms with van der Waals surface area (Å²) in [5.41, 5.74) is 2.33. The normalized spacial score (nSPS) is 9.54. The summed E-state index contributed by atoms with van der Waals surface area (Å²) < 4.78 is 5.91. The molecule has 0 aliphatic heterocycles. The van der Waals surface area contributed by atoms with Crippen molar-refractivity contribution in [2.24, 2.45) is 0 Å². The van der Waals surface area contributed by atoms with Gasteiger partial charge >= 0.3 is 11.9 Å². The average molecular weight is 357 g/mol. The number of ether oxygens (including phenoxy) is 1. The van der Waals surface area contributed by atoms with Crippen molar-refractivity contribution < 1.29 is 24.5 Å². The lowest BCUT2D eigenvalue weighted by molar-refractivity contribution is -0.159. The molecule has 0 spiro atoms. The summed E-state index contributed by atoms with van der Waals surface area (Å²) in [4.78, 5) is 18.2. The van der Waals surface area contributed by atoms with Gasteiger partial charge < -0.3 is 20.3 Å². The van der Waals surface area contributed by atoms with E-state index < -0.39 is 11.9 Å². The molecule has 2 rings (SSSR count). The van der Waals surface area contributed by atoms with Crippen LogP contribution in [-0.2, 0) is 9.59 Å². The Morgan fingerprint density at radius 1 is 1.00 bits per heavy atom. The molecular weight excluding hydrogens is 334 g/mol. The minimum atomic E-state index is -1.82. The van der Waals surface area contributed by atoms with E-state index in [9.17, 15) is 0 Å². The van der Waals surface area contributed by atoms with E-state index in [1.807, 2.05) is 42.5 Å². The molecule has 3 N–H and O–H groups in total. The number of benzene rings is 2. The number of carboxylic acids is 2. The van der Waals surface area contributed by atoms with Crippen LogP contribution in [0.25, 0.3) is 11.1 Å². The van der Waals surface area contributed by atoms with Gasteiger partial charge in [-0.3, -0.25) is 0 Å². The van der Waals surface area contributed by atoms with Crippen LogP contribution in [0.3, 0.4) is 0 Å². The molecule has 26 heavy (non-hydrogen) atoms. The van der Waals surface area contributed by atoms with Gasteiger partial charge in [0.05, 0.1) is 6.61 Å². The Labute approximate surface area is 152 Å².